The molecule has 0 saturated carbocycles. The second-order valence-corrected chi connectivity index (χ2v) is 4.81. The summed E-state index contributed by atoms with van der Waals surface area (Å²) in [4.78, 5) is 6.69. The maximum Gasteiger partial charge on any atom is 0.246 e. The number of benzene rings is 1. The molecular formula is C13H17ClN4. The topological polar surface area (TPSA) is 41.9 Å². The van der Waals surface area contributed by atoms with Crippen molar-refractivity contribution < 1.29 is 0 Å². The van der Waals surface area contributed by atoms with E-state index >= 15 is 0 Å². The number of nitrogens with zero attached hydrogens (tertiary/aromatic N) is 4. The van der Waals surface area contributed by atoms with Gasteiger partial charge in [0.25, 0.3) is 0 Å². The number of aromatic nitrogens is 3. The first-order valence-electron chi connectivity index (χ1n) is 6.14. The van der Waals surface area contributed by atoms with Crippen molar-refractivity contribution in [2.24, 2.45) is 0 Å². The first-order valence-corrected chi connectivity index (χ1v) is 6.68. The van der Waals surface area contributed by atoms with Gasteiger partial charge in [-0.3, -0.25) is 0 Å². The summed E-state index contributed by atoms with van der Waals surface area (Å²) in [6.07, 6.45) is 0.913. The van der Waals surface area contributed by atoms with Crippen LogP contribution in [0.2, 0.25) is 0 Å². The molecule has 0 aliphatic heterocycles. The van der Waals surface area contributed by atoms with E-state index in [9.17, 15) is 0 Å². The van der Waals surface area contributed by atoms with Crippen molar-refractivity contribution in [1.82, 2.24) is 15.2 Å². The summed E-state index contributed by atoms with van der Waals surface area (Å²) in [7, 11) is 0. The van der Waals surface area contributed by atoms with Crippen molar-refractivity contribution in [3.63, 3.8) is 0 Å². The van der Waals surface area contributed by atoms with Gasteiger partial charge in [-0.15, -0.1) is 21.8 Å². The highest BCUT2D eigenvalue weighted by Crippen LogP contribution is 2.15. The number of anilines is 1. The SMILES string of the molecule is CC(C)N(CCCCl)c1nnc2ccccc2n1. The second-order valence-electron chi connectivity index (χ2n) is 4.43. The number of alkyl halides is 1. The minimum absolute atomic E-state index is 0.330. The number of halogens is 1. The van der Waals surface area contributed by atoms with Crippen LogP contribution in [0.1, 0.15) is 20.3 Å². The lowest BCUT2D eigenvalue weighted by Gasteiger charge is -2.25. The molecule has 2 aromatic rings. The summed E-state index contributed by atoms with van der Waals surface area (Å²) < 4.78 is 0. The molecule has 0 N–H and O–H groups in total. The minimum Gasteiger partial charge on any atom is -0.337 e. The maximum absolute atomic E-state index is 5.75. The molecule has 0 amide bonds. The summed E-state index contributed by atoms with van der Waals surface area (Å²) in [5.41, 5.74) is 1.70. The Balaban J connectivity index is 2.32. The Labute approximate surface area is 112 Å². The first kappa shape index (κ1) is 13.0. The van der Waals surface area contributed by atoms with E-state index in [0.29, 0.717) is 17.9 Å². The molecule has 1 heterocycles. The molecule has 0 saturated heterocycles. The smallest absolute Gasteiger partial charge is 0.246 e. The molecule has 0 aliphatic carbocycles. The molecule has 0 aliphatic rings. The monoisotopic (exact) mass is 264 g/mol. The molecule has 0 radical (unpaired) electrons. The van der Waals surface area contributed by atoms with E-state index in [1.165, 1.54) is 0 Å². The predicted molar refractivity (Wildman–Crippen MR) is 75.2 cm³/mol. The van der Waals surface area contributed by atoms with Gasteiger partial charge in [-0.1, -0.05) is 12.1 Å². The number of rotatable bonds is 5. The zero-order valence-corrected chi connectivity index (χ0v) is 11.4. The quantitative estimate of drug-likeness (QED) is 0.779. The maximum atomic E-state index is 5.75. The third-order valence-electron chi connectivity index (χ3n) is 2.76. The fraction of sp³-hybridized carbons (Fsp3) is 0.462. The van der Waals surface area contributed by atoms with Crippen LogP contribution < -0.4 is 4.90 Å². The zero-order chi connectivity index (χ0) is 13.0. The average molecular weight is 265 g/mol. The van der Waals surface area contributed by atoms with Gasteiger partial charge < -0.3 is 4.90 Å². The highest BCUT2D eigenvalue weighted by Gasteiger charge is 2.14. The first-order chi connectivity index (χ1) is 8.72. The van der Waals surface area contributed by atoms with Gasteiger partial charge in [-0.2, -0.15) is 0 Å². The van der Waals surface area contributed by atoms with Crippen molar-refractivity contribution in [3.05, 3.63) is 24.3 Å². The molecule has 1 aromatic carbocycles. The van der Waals surface area contributed by atoms with Crippen LogP contribution in [-0.2, 0) is 0 Å². The minimum atomic E-state index is 0.330. The molecule has 2 rings (SSSR count). The van der Waals surface area contributed by atoms with Gasteiger partial charge in [0.1, 0.15) is 5.52 Å². The zero-order valence-electron chi connectivity index (χ0n) is 10.7. The Morgan fingerprint density at radius 1 is 1.17 bits per heavy atom. The van der Waals surface area contributed by atoms with Crippen LogP contribution in [0.25, 0.3) is 11.0 Å². The highest BCUT2D eigenvalue weighted by atomic mass is 35.5. The van der Waals surface area contributed by atoms with E-state index in [1.54, 1.807) is 0 Å². The van der Waals surface area contributed by atoms with Crippen molar-refractivity contribution in [2.45, 2.75) is 26.3 Å². The third-order valence-corrected chi connectivity index (χ3v) is 3.03. The van der Waals surface area contributed by atoms with Crippen molar-refractivity contribution in [1.29, 1.82) is 0 Å². The van der Waals surface area contributed by atoms with E-state index < -0.39 is 0 Å². The predicted octanol–water partition coefficient (Wildman–Crippen LogP) is 2.87. The van der Waals surface area contributed by atoms with E-state index in [4.69, 9.17) is 11.6 Å². The van der Waals surface area contributed by atoms with Gasteiger partial charge in [0.05, 0.1) is 5.52 Å². The van der Waals surface area contributed by atoms with Crippen LogP contribution in [0, 0.1) is 0 Å². The molecule has 0 bridgehead atoms. The fourth-order valence-corrected chi connectivity index (χ4v) is 1.93. The van der Waals surface area contributed by atoms with E-state index in [-0.39, 0.29) is 0 Å². The van der Waals surface area contributed by atoms with Crippen LogP contribution in [0.5, 0.6) is 0 Å². The molecule has 0 fully saturated rings. The number of fused-ring (bicyclic) bond motifs is 1. The van der Waals surface area contributed by atoms with Crippen LogP contribution in [0.4, 0.5) is 5.95 Å². The van der Waals surface area contributed by atoms with Crippen LogP contribution in [0.3, 0.4) is 0 Å². The molecule has 0 atom stereocenters. The lowest BCUT2D eigenvalue weighted by Crippen LogP contribution is -2.33. The van der Waals surface area contributed by atoms with Crippen LogP contribution in [-0.4, -0.2) is 33.6 Å². The lowest BCUT2D eigenvalue weighted by molar-refractivity contribution is 0.648. The van der Waals surface area contributed by atoms with Crippen molar-refractivity contribution in [3.8, 4) is 0 Å². The number of hydrogen-bond acceptors (Lipinski definition) is 4. The van der Waals surface area contributed by atoms with Gasteiger partial charge in [0.2, 0.25) is 5.95 Å². The molecular weight excluding hydrogens is 248 g/mol. The summed E-state index contributed by atoms with van der Waals surface area (Å²) in [6, 6.07) is 8.09. The Morgan fingerprint density at radius 3 is 2.56 bits per heavy atom. The second kappa shape index (κ2) is 5.96. The molecule has 0 unspecified atom stereocenters. The Kier molecular flexibility index (Phi) is 4.31. The normalized spacial score (nSPS) is 11.1. The number of hydrogen-bond donors (Lipinski definition) is 0. The Bertz CT molecular complexity index is 515. The Hall–Kier alpha value is -1.42. The highest BCUT2D eigenvalue weighted by molar-refractivity contribution is 6.17. The van der Waals surface area contributed by atoms with E-state index in [2.05, 4.69) is 33.9 Å². The summed E-state index contributed by atoms with van der Waals surface area (Å²) >= 11 is 5.75. The lowest BCUT2D eigenvalue weighted by atomic mass is 10.3. The summed E-state index contributed by atoms with van der Waals surface area (Å²) in [6.45, 7) is 5.08. The molecule has 0 spiro atoms. The van der Waals surface area contributed by atoms with E-state index in [0.717, 1.165) is 24.0 Å². The largest absolute Gasteiger partial charge is 0.337 e. The summed E-state index contributed by atoms with van der Waals surface area (Å²) in [5.74, 6) is 1.32. The standard InChI is InChI=1S/C13H17ClN4/c1-10(2)18(9-5-8-14)13-15-11-6-3-4-7-12(11)16-17-13/h3-4,6-7,10H,5,8-9H2,1-2H3. The van der Waals surface area contributed by atoms with Crippen LogP contribution >= 0.6 is 11.6 Å². The van der Waals surface area contributed by atoms with Crippen molar-refractivity contribution >= 4 is 28.6 Å². The van der Waals surface area contributed by atoms with Crippen molar-refractivity contribution in [2.75, 3.05) is 17.3 Å². The Morgan fingerprint density at radius 2 is 1.89 bits per heavy atom. The van der Waals surface area contributed by atoms with Gasteiger partial charge in [-0.25, -0.2) is 4.98 Å². The van der Waals surface area contributed by atoms with Crippen LogP contribution in [0.15, 0.2) is 24.3 Å². The summed E-state index contributed by atoms with van der Waals surface area (Å²) in [5, 5.41) is 8.41. The third kappa shape index (κ3) is 2.88. The molecule has 5 heteroatoms. The fourth-order valence-electron chi connectivity index (χ4n) is 1.81. The molecule has 4 nitrogen and oxygen atoms in total. The molecule has 18 heavy (non-hydrogen) atoms. The van der Waals surface area contributed by atoms with Gasteiger partial charge in [-0.05, 0) is 32.4 Å². The van der Waals surface area contributed by atoms with Gasteiger partial charge in [0, 0.05) is 18.5 Å². The van der Waals surface area contributed by atoms with Gasteiger partial charge in [0.15, 0.2) is 0 Å². The molecule has 96 valence electrons. The molecule has 1 aromatic heterocycles. The average Bonchev–Trinajstić information content (AvgIpc) is 2.38. The van der Waals surface area contributed by atoms with Gasteiger partial charge >= 0.3 is 0 Å². The van der Waals surface area contributed by atoms with E-state index in [1.807, 2.05) is 24.3 Å². The number of para-hydroxylation sites is 1.